The number of benzene rings is 2. The van der Waals surface area contributed by atoms with Crippen LogP contribution < -0.4 is 9.46 Å². The summed E-state index contributed by atoms with van der Waals surface area (Å²) in [5, 5.41) is 0. The highest BCUT2D eigenvalue weighted by molar-refractivity contribution is 7.89. The minimum atomic E-state index is -4.04. The molecule has 2 aromatic carbocycles. The summed E-state index contributed by atoms with van der Waals surface area (Å²) in [4.78, 5) is 1.83. The van der Waals surface area contributed by atoms with Crippen molar-refractivity contribution >= 4 is 10.0 Å². The van der Waals surface area contributed by atoms with Gasteiger partial charge in [0.1, 0.15) is 10.6 Å². The maximum absolute atomic E-state index is 12.8. The minimum Gasteiger partial charge on any atom is -0.433 e. The Morgan fingerprint density at radius 1 is 1.04 bits per heavy atom. The van der Waals surface area contributed by atoms with Crippen molar-refractivity contribution < 1.29 is 26.7 Å². The standard InChI is InChI=1S/C19H22F2N2O4S/c20-19(21)27-17-8-4-5-9-18(17)28(24,25)22-14-16(15-6-2-1-3-7-15)23-10-12-26-13-11-23/h1-9,16,19,22H,10-14H2. The molecule has 0 aliphatic carbocycles. The summed E-state index contributed by atoms with van der Waals surface area (Å²) >= 11 is 0. The molecule has 1 N–H and O–H groups in total. The Morgan fingerprint density at radius 3 is 2.36 bits per heavy atom. The van der Waals surface area contributed by atoms with E-state index in [9.17, 15) is 17.2 Å². The van der Waals surface area contributed by atoms with Gasteiger partial charge in [0.15, 0.2) is 0 Å². The summed E-state index contributed by atoms with van der Waals surface area (Å²) in [6.45, 7) is -0.530. The molecule has 0 aromatic heterocycles. The fourth-order valence-electron chi connectivity index (χ4n) is 3.15. The zero-order valence-corrected chi connectivity index (χ0v) is 15.9. The Balaban J connectivity index is 1.80. The van der Waals surface area contributed by atoms with Gasteiger partial charge < -0.3 is 9.47 Å². The lowest BCUT2D eigenvalue weighted by Crippen LogP contribution is -2.43. The van der Waals surface area contributed by atoms with Crippen LogP contribution >= 0.6 is 0 Å². The molecule has 3 rings (SSSR count). The highest BCUT2D eigenvalue weighted by Gasteiger charge is 2.26. The average Bonchev–Trinajstić information content (AvgIpc) is 2.69. The number of alkyl halides is 2. The zero-order chi connectivity index (χ0) is 20.0. The van der Waals surface area contributed by atoms with E-state index in [2.05, 4.69) is 14.4 Å². The maximum atomic E-state index is 12.8. The number of ether oxygens (including phenoxy) is 2. The van der Waals surface area contributed by atoms with Crippen molar-refractivity contribution in [3.63, 3.8) is 0 Å². The summed E-state index contributed by atoms with van der Waals surface area (Å²) < 4.78 is 63.1. The number of para-hydroxylation sites is 1. The van der Waals surface area contributed by atoms with Gasteiger partial charge >= 0.3 is 6.61 Å². The first-order valence-corrected chi connectivity index (χ1v) is 10.4. The number of sulfonamides is 1. The molecular weight excluding hydrogens is 390 g/mol. The number of hydrogen-bond acceptors (Lipinski definition) is 5. The first kappa shape index (κ1) is 20.7. The molecule has 6 nitrogen and oxygen atoms in total. The normalized spacial score (nSPS) is 16.8. The second kappa shape index (κ2) is 9.42. The van der Waals surface area contributed by atoms with E-state index < -0.39 is 16.6 Å². The quantitative estimate of drug-likeness (QED) is 0.722. The van der Waals surface area contributed by atoms with Gasteiger partial charge in [-0.1, -0.05) is 42.5 Å². The van der Waals surface area contributed by atoms with Gasteiger partial charge in [-0.25, -0.2) is 13.1 Å². The molecule has 1 atom stereocenters. The Morgan fingerprint density at radius 2 is 1.68 bits per heavy atom. The molecule has 1 aliphatic heterocycles. The smallest absolute Gasteiger partial charge is 0.387 e. The van der Waals surface area contributed by atoms with E-state index in [1.165, 1.54) is 24.3 Å². The SMILES string of the molecule is O=S(=O)(NCC(c1ccccc1)N1CCOCC1)c1ccccc1OC(F)F. The summed E-state index contributed by atoms with van der Waals surface area (Å²) in [5.41, 5.74) is 0.962. The number of halogens is 2. The van der Waals surface area contributed by atoms with Gasteiger partial charge in [0, 0.05) is 25.7 Å². The number of nitrogens with zero attached hydrogens (tertiary/aromatic N) is 1. The molecule has 152 valence electrons. The Labute approximate surface area is 163 Å². The van der Waals surface area contributed by atoms with Crippen LogP contribution in [0.4, 0.5) is 8.78 Å². The maximum Gasteiger partial charge on any atom is 0.387 e. The lowest BCUT2D eigenvalue weighted by Gasteiger charge is -2.34. The molecule has 1 heterocycles. The van der Waals surface area contributed by atoms with Crippen molar-refractivity contribution in [3.05, 3.63) is 60.2 Å². The molecule has 0 amide bonds. The van der Waals surface area contributed by atoms with Gasteiger partial charge in [-0.3, -0.25) is 4.90 Å². The van der Waals surface area contributed by atoms with Crippen molar-refractivity contribution in [3.8, 4) is 5.75 Å². The molecule has 1 unspecified atom stereocenters. The molecular formula is C19H22F2N2O4S. The molecule has 0 radical (unpaired) electrons. The topological polar surface area (TPSA) is 67.9 Å². The van der Waals surface area contributed by atoms with E-state index in [0.717, 1.165) is 5.56 Å². The van der Waals surface area contributed by atoms with Gasteiger partial charge in [0.05, 0.1) is 13.2 Å². The van der Waals surface area contributed by atoms with Crippen molar-refractivity contribution in [2.24, 2.45) is 0 Å². The van der Waals surface area contributed by atoms with Gasteiger partial charge in [0.25, 0.3) is 0 Å². The van der Waals surface area contributed by atoms with Crippen LogP contribution in [0.5, 0.6) is 5.75 Å². The zero-order valence-electron chi connectivity index (χ0n) is 15.1. The van der Waals surface area contributed by atoms with Crippen molar-refractivity contribution in [2.45, 2.75) is 17.5 Å². The number of morpholine rings is 1. The van der Waals surface area contributed by atoms with Crippen LogP contribution in [-0.4, -0.2) is 52.8 Å². The molecule has 1 aliphatic rings. The van der Waals surface area contributed by atoms with Gasteiger partial charge in [-0.15, -0.1) is 0 Å². The third-order valence-corrected chi connectivity index (χ3v) is 5.96. The van der Waals surface area contributed by atoms with Crippen LogP contribution in [0, 0.1) is 0 Å². The third kappa shape index (κ3) is 5.26. The lowest BCUT2D eigenvalue weighted by atomic mass is 10.1. The summed E-state index contributed by atoms with van der Waals surface area (Å²) in [7, 11) is -4.04. The van der Waals surface area contributed by atoms with Crippen LogP contribution in [0.1, 0.15) is 11.6 Å². The highest BCUT2D eigenvalue weighted by Crippen LogP contribution is 2.26. The van der Waals surface area contributed by atoms with Crippen LogP contribution in [0.25, 0.3) is 0 Å². The molecule has 2 aromatic rings. The second-order valence-electron chi connectivity index (χ2n) is 6.25. The van der Waals surface area contributed by atoms with Gasteiger partial charge in [-0.05, 0) is 17.7 Å². The summed E-state index contributed by atoms with van der Waals surface area (Å²) in [6, 6.07) is 14.7. The second-order valence-corrected chi connectivity index (χ2v) is 7.99. The fourth-order valence-corrected chi connectivity index (χ4v) is 4.33. The first-order chi connectivity index (χ1) is 13.5. The monoisotopic (exact) mass is 412 g/mol. The predicted octanol–water partition coefficient (Wildman–Crippen LogP) is 2.64. The van der Waals surface area contributed by atoms with Crippen molar-refractivity contribution in [1.29, 1.82) is 0 Å². The fraction of sp³-hybridized carbons (Fsp3) is 0.368. The molecule has 0 bridgehead atoms. The lowest BCUT2D eigenvalue weighted by molar-refractivity contribution is -0.0517. The predicted molar refractivity (Wildman–Crippen MR) is 99.8 cm³/mol. The Bertz CT molecular complexity index is 859. The third-order valence-electron chi connectivity index (χ3n) is 4.49. The number of nitrogens with one attached hydrogen (secondary N) is 1. The highest BCUT2D eigenvalue weighted by atomic mass is 32.2. The van der Waals surface area contributed by atoms with Crippen LogP contribution in [-0.2, 0) is 14.8 Å². The first-order valence-electron chi connectivity index (χ1n) is 8.87. The van der Waals surface area contributed by atoms with E-state index in [1.807, 2.05) is 30.3 Å². The minimum absolute atomic E-state index is 0.0926. The van der Waals surface area contributed by atoms with Crippen LogP contribution in [0.15, 0.2) is 59.5 Å². The van der Waals surface area contributed by atoms with Gasteiger partial charge in [0.2, 0.25) is 10.0 Å². The van der Waals surface area contributed by atoms with Gasteiger partial charge in [-0.2, -0.15) is 8.78 Å². The van der Waals surface area contributed by atoms with Crippen molar-refractivity contribution in [1.82, 2.24) is 9.62 Å². The Kier molecular flexibility index (Phi) is 6.95. The number of rotatable bonds is 8. The van der Waals surface area contributed by atoms with Crippen molar-refractivity contribution in [2.75, 3.05) is 32.8 Å². The summed E-state index contributed by atoms with van der Waals surface area (Å²) in [5.74, 6) is -0.382. The average molecular weight is 412 g/mol. The largest absolute Gasteiger partial charge is 0.433 e. The summed E-state index contributed by atoms with van der Waals surface area (Å²) in [6.07, 6.45) is 0. The van der Waals surface area contributed by atoms with Crippen LogP contribution in [0.3, 0.4) is 0 Å². The Hall–Kier alpha value is -2.07. The molecule has 1 saturated heterocycles. The number of hydrogen-bond donors (Lipinski definition) is 1. The van der Waals surface area contributed by atoms with E-state index in [4.69, 9.17) is 4.74 Å². The van der Waals surface area contributed by atoms with E-state index in [0.29, 0.717) is 26.3 Å². The van der Waals surface area contributed by atoms with E-state index in [1.54, 1.807) is 0 Å². The molecule has 1 fully saturated rings. The van der Waals surface area contributed by atoms with E-state index >= 15 is 0 Å². The molecule has 28 heavy (non-hydrogen) atoms. The molecule has 9 heteroatoms. The molecule has 0 saturated carbocycles. The van der Waals surface area contributed by atoms with Crippen LogP contribution in [0.2, 0.25) is 0 Å². The molecule has 0 spiro atoms. The van der Waals surface area contributed by atoms with E-state index in [-0.39, 0.29) is 23.2 Å².